The molecule has 0 aliphatic heterocycles. The summed E-state index contributed by atoms with van der Waals surface area (Å²) in [7, 11) is 0. The minimum atomic E-state index is -0.980. The van der Waals surface area contributed by atoms with E-state index in [-0.39, 0.29) is 0 Å². The summed E-state index contributed by atoms with van der Waals surface area (Å²) in [4.78, 5) is 10.3. The Kier molecular flexibility index (Phi) is 4.59. The molecule has 0 bridgehead atoms. The predicted octanol–water partition coefficient (Wildman–Crippen LogP) is 4.04. The average molecular weight is 257 g/mol. The van der Waals surface area contributed by atoms with Crippen molar-refractivity contribution in [3.05, 3.63) is 52.0 Å². The van der Waals surface area contributed by atoms with Crippen LogP contribution in [0.3, 0.4) is 0 Å². The summed E-state index contributed by atoms with van der Waals surface area (Å²) in [5.41, 5.74) is 1.71. The van der Waals surface area contributed by atoms with Crippen molar-refractivity contribution in [1.29, 1.82) is 0 Å². The number of halogens is 2. The highest BCUT2D eigenvalue weighted by atomic mass is 35.5. The Morgan fingerprint density at radius 2 is 2.06 bits per heavy atom. The number of aliphatic carboxylic acids is 1. The second kappa shape index (κ2) is 5.73. The maximum Gasteiger partial charge on any atom is 0.328 e. The summed E-state index contributed by atoms with van der Waals surface area (Å²) >= 11 is 11.8. The van der Waals surface area contributed by atoms with Gasteiger partial charge >= 0.3 is 5.97 Å². The second-order valence-electron chi connectivity index (χ2n) is 3.17. The van der Waals surface area contributed by atoms with Crippen molar-refractivity contribution in [2.45, 2.75) is 6.92 Å². The Morgan fingerprint density at radius 1 is 1.38 bits per heavy atom. The van der Waals surface area contributed by atoms with E-state index in [0.717, 1.165) is 17.2 Å². The molecule has 0 unspecified atom stereocenters. The van der Waals surface area contributed by atoms with E-state index in [1.165, 1.54) is 6.08 Å². The van der Waals surface area contributed by atoms with Crippen LogP contribution in [0, 0.1) is 0 Å². The molecule has 2 nitrogen and oxygen atoms in total. The van der Waals surface area contributed by atoms with Crippen molar-refractivity contribution in [3.63, 3.8) is 0 Å². The molecule has 1 N–H and O–H groups in total. The molecule has 1 aromatic carbocycles. The highest BCUT2D eigenvalue weighted by Crippen LogP contribution is 2.26. The van der Waals surface area contributed by atoms with Crippen LogP contribution in [0.1, 0.15) is 12.5 Å². The Labute approximate surface area is 104 Å². The van der Waals surface area contributed by atoms with Crippen LogP contribution in [-0.4, -0.2) is 11.1 Å². The molecule has 0 spiro atoms. The second-order valence-corrected chi connectivity index (χ2v) is 4.01. The summed E-state index contributed by atoms with van der Waals surface area (Å²) in [6.45, 7) is 1.85. The third-order valence-electron chi connectivity index (χ3n) is 1.94. The van der Waals surface area contributed by atoms with Crippen LogP contribution < -0.4 is 0 Å². The maximum atomic E-state index is 10.3. The first-order valence-electron chi connectivity index (χ1n) is 4.54. The molecule has 0 saturated heterocycles. The minimum absolute atomic E-state index is 0.546. The monoisotopic (exact) mass is 256 g/mol. The fourth-order valence-electron chi connectivity index (χ4n) is 1.17. The molecule has 0 fully saturated rings. The van der Waals surface area contributed by atoms with Crippen LogP contribution in [-0.2, 0) is 4.79 Å². The first-order valence-corrected chi connectivity index (χ1v) is 5.29. The van der Waals surface area contributed by atoms with Crippen molar-refractivity contribution in [1.82, 2.24) is 0 Å². The van der Waals surface area contributed by atoms with Gasteiger partial charge in [-0.25, -0.2) is 4.79 Å². The molecule has 0 aliphatic rings. The third kappa shape index (κ3) is 3.72. The van der Waals surface area contributed by atoms with Crippen LogP contribution >= 0.6 is 23.2 Å². The molecule has 0 saturated carbocycles. The summed E-state index contributed by atoms with van der Waals surface area (Å²) in [6, 6.07) is 5.18. The number of carbonyl (C=O) groups is 1. The van der Waals surface area contributed by atoms with Gasteiger partial charge in [-0.2, -0.15) is 0 Å². The van der Waals surface area contributed by atoms with E-state index in [4.69, 9.17) is 28.3 Å². The zero-order valence-electron chi connectivity index (χ0n) is 8.58. The van der Waals surface area contributed by atoms with Crippen molar-refractivity contribution in [2.24, 2.45) is 0 Å². The normalized spacial score (nSPS) is 12.1. The molecular weight excluding hydrogens is 247 g/mol. The SMILES string of the molecule is C/C(=C\C=C\C(=O)O)c1ccc(Cl)cc1Cl. The Morgan fingerprint density at radius 3 is 2.62 bits per heavy atom. The van der Waals surface area contributed by atoms with E-state index in [1.807, 2.05) is 6.92 Å². The Bertz CT molecular complexity index is 462. The molecule has 84 valence electrons. The van der Waals surface area contributed by atoms with Crippen LogP contribution in [0.4, 0.5) is 0 Å². The number of hydrogen-bond donors (Lipinski definition) is 1. The Hall–Kier alpha value is -1.25. The van der Waals surface area contributed by atoms with E-state index in [0.29, 0.717) is 10.0 Å². The number of carboxylic acid groups (broad SMARTS) is 1. The fourth-order valence-corrected chi connectivity index (χ4v) is 1.73. The van der Waals surface area contributed by atoms with Crippen molar-refractivity contribution in [2.75, 3.05) is 0 Å². The molecule has 1 rings (SSSR count). The standard InChI is InChI=1S/C12H10Cl2O2/c1-8(3-2-4-12(15)16)10-6-5-9(13)7-11(10)14/h2-7H,1H3,(H,15,16)/b4-2+,8-3+. The van der Waals surface area contributed by atoms with Crippen LogP contribution in [0.15, 0.2) is 36.4 Å². The van der Waals surface area contributed by atoms with Gasteiger partial charge in [0.15, 0.2) is 0 Å². The summed E-state index contributed by atoms with van der Waals surface area (Å²) in [6.07, 6.45) is 4.21. The van der Waals surface area contributed by atoms with Gasteiger partial charge in [-0.1, -0.05) is 41.4 Å². The van der Waals surface area contributed by atoms with Gasteiger partial charge < -0.3 is 5.11 Å². The molecule has 0 amide bonds. The van der Waals surface area contributed by atoms with E-state index in [9.17, 15) is 4.79 Å². The lowest BCUT2D eigenvalue weighted by molar-refractivity contribution is -0.131. The quantitative estimate of drug-likeness (QED) is 0.655. The van der Waals surface area contributed by atoms with Gasteiger partial charge in [0.25, 0.3) is 0 Å². The smallest absolute Gasteiger partial charge is 0.328 e. The van der Waals surface area contributed by atoms with E-state index in [2.05, 4.69) is 0 Å². The number of rotatable bonds is 3. The molecule has 4 heteroatoms. The first-order chi connectivity index (χ1) is 7.50. The van der Waals surface area contributed by atoms with Crippen molar-refractivity contribution in [3.8, 4) is 0 Å². The fraction of sp³-hybridized carbons (Fsp3) is 0.0833. The minimum Gasteiger partial charge on any atom is -0.478 e. The number of hydrogen-bond acceptors (Lipinski definition) is 1. The van der Waals surface area contributed by atoms with Gasteiger partial charge in [-0.05, 0) is 30.2 Å². The Balaban J connectivity index is 2.96. The van der Waals surface area contributed by atoms with Crippen molar-refractivity contribution >= 4 is 34.7 Å². The zero-order valence-corrected chi connectivity index (χ0v) is 10.1. The molecular formula is C12H10Cl2O2. The molecule has 0 radical (unpaired) electrons. The zero-order chi connectivity index (χ0) is 12.1. The number of allylic oxidation sites excluding steroid dienone is 3. The molecule has 1 aromatic rings. The summed E-state index contributed by atoms with van der Waals surface area (Å²) in [5.74, 6) is -0.980. The average Bonchev–Trinajstić information content (AvgIpc) is 2.16. The summed E-state index contributed by atoms with van der Waals surface area (Å²) < 4.78 is 0. The van der Waals surface area contributed by atoms with Gasteiger partial charge in [0.05, 0.1) is 0 Å². The highest BCUT2D eigenvalue weighted by Gasteiger charge is 2.01. The van der Waals surface area contributed by atoms with Gasteiger partial charge in [0.2, 0.25) is 0 Å². The van der Waals surface area contributed by atoms with Crippen LogP contribution in [0.5, 0.6) is 0 Å². The lowest BCUT2D eigenvalue weighted by Gasteiger charge is -2.03. The topological polar surface area (TPSA) is 37.3 Å². The lowest BCUT2D eigenvalue weighted by Crippen LogP contribution is -1.85. The third-order valence-corrected chi connectivity index (χ3v) is 2.49. The maximum absolute atomic E-state index is 10.3. The number of benzene rings is 1. The highest BCUT2D eigenvalue weighted by molar-refractivity contribution is 6.35. The van der Waals surface area contributed by atoms with Gasteiger partial charge in [-0.3, -0.25) is 0 Å². The predicted molar refractivity (Wildman–Crippen MR) is 66.9 cm³/mol. The first kappa shape index (κ1) is 12.8. The largest absolute Gasteiger partial charge is 0.478 e. The number of carboxylic acids is 1. The van der Waals surface area contributed by atoms with Gasteiger partial charge in [0.1, 0.15) is 0 Å². The van der Waals surface area contributed by atoms with Gasteiger partial charge in [0, 0.05) is 16.1 Å². The van der Waals surface area contributed by atoms with Gasteiger partial charge in [-0.15, -0.1) is 0 Å². The summed E-state index contributed by atoms with van der Waals surface area (Å²) in [5, 5.41) is 9.55. The van der Waals surface area contributed by atoms with Crippen LogP contribution in [0.25, 0.3) is 5.57 Å². The van der Waals surface area contributed by atoms with E-state index in [1.54, 1.807) is 24.3 Å². The molecule has 0 atom stereocenters. The van der Waals surface area contributed by atoms with Crippen LogP contribution in [0.2, 0.25) is 10.0 Å². The van der Waals surface area contributed by atoms with Crippen molar-refractivity contribution < 1.29 is 9.90 Å². The molecule has 0 heterocycles. The molecule has 0 aromatic heterocycles. The van der Waals surface area contributed by atoms with E-state index >= 15 is 0 Å². The lowest BCUT2D eigenvalue weighted by atomic mass is 10.1. The van der Waals surface area contributed by atoms with E-state index < -0.39 is 5.97 Å². The molecule has 0 aliphatic carbocycles. The molecule has 16 heavy (non-hydrogen) atoms.